The number of amides is 1. The summed E-state index contributed by atoms with van der Waals surface area (Å²) in [5.41, 5.74) is 3.12. The number of anilines is 1. The molecule has 140 valence electrons. The minimum absolute atomic E-state index is 0.124. The van der Waals surface area contributed by atoms with Crippen LogP contribution in [0.5, 0.6) is 0 Å². The molecule has 4 rings (SSSR count). The average Bonchev–Trinajstić information content (AvgIpc) is 3.15. The van der Waals surface area contributed by atoms with Crippen LogP contribution in [0.2, 0.25) is 5.02 Å². The van der Waals surface area contributed by atoms with Gasteiger partial charge in [-0.05, 0) is 61.0 Å². The number of fused-ring (bicyclic) bond motifs is 1. The number of aromatic nitrogens is 2. The largest absolute Gasteiger partial charge is 0.278 e. The van der Waals surface area contributed by atoms with Crippen molar-refractivity contribution in [2.75, 3.05) is 4.90 Å². The fourth-order valence-corrected chi connectivity index (χ4v) is 4.27. The van der Waals surface area contributed by atoms with Gasteiger partial charge in [-0.3, -0.25) is 14.7 Å². The van der Waals surface area contributed by atoms with Crippen molar-refractivity contribution in [2.24, 2.45) is 0 Å². The van der Waals surface area contributed by atoms with Crippen molar-refractivity contribution >= 4 is 60.1 Å². The summed E-state index contributed by atoms with van der Waals surface area (Å²) in [5.74, 6) is -0.124. The molecule has 2 aromatic heterocycles. The first-order valence-corrected chi connectivity index (χ1v) is 10.5. The molecule has 28 heavy (non-hydrogen) atoms. The molecule has 0 unspecified atom stereocenters. The van der Waals surface area contributed by atoms with Crippen LogP contribution >= 0.6 is 38.9 Å². The van der Waals surface area contributed by atoms with Crippen LogP contribution in [-0.4, -0.2) is 15.9 Å². The highest BCUT2D eigenvalue weighted by atomic mass is 79.9. The third-order valence-electron chi connectivity index (χ3n) is 4.35. The number of hydrogen-bond acceptors (Lipinski definition) is 4. The first-order valence-electron chi connectivity index (χ1n) is 8.56. The minimum Gasteiger partial charge on any atom is -0.278 e. The van der Waals surface area contributed by atoms with Crippen LogP contribution in [0.3, 0.4) is 0 Å². The highest BCUT2D eigenvalue weighted by Gasteiger charge is 2.23. The summed E-state index contributed by atoms with van der Waals surface area (Å²) < 4.78 is 1.91. The molecular weight excluding hydrogens is 458 g/mol. The number of halogens is 2. The van der Waals surface area contributed by atoms with Crippen molar-refractivity contribution in [3.8, 4) is 0 Å². The third kappa shape index (κ3) is 3.81. The van der Waals surface area contributed by atoms with Crippen molar-refractivity contribution in [3.05, 3.63) is 87.1 Å². The first-order chi connectivity index (χ1) is 13.5. The molecule has 0 saturated heterocycles. The normalized spacial score (nSPS) is 11.0. The molecule has 1 amide bonds. The molecule has 0 atom stereocenters. The van der Waals surface area contributed by atoms with Crippen LogP contribution in [0.15, 0.2) is 65.3 Å². The van der Waals surface area contributed by atoms with E-state index < -0.39 is 0 Å². The van der Waals surface area contributed by atoms with Gasteiger partial charge in [0, 0.05) is 21.3 Å². The number of carbonyl (C=O) groups excluding carboxylic acids is 1. The number of nitrogens with zero attached hydrogens (tertiary/aromatic N) is 3. The van der Waals surface area contributed by atoms with Crippen LogP contribution in [0, 0.1) is 6.92 Å². The van der Waals surface area contributed by atoms with Crippen molar-refractivity contribution in [2.45, 2.75) is 13.5 Å². The smallest absolute Gasteiger partial charge is 0.260 e. The lowest BCUT2D eigenvalue weighted by Crippen LogP contribution is -2.30. The molecule has 7 heteroatoms. The van der Waals surface area contributed by atoms with Crippen molar-refractivity contribution in [1.82, 2.24) is 9.97 Å². The van der Waals surface area contributed by atoms with Gasteiger partial charge in [-0.15, -0.1) is 0 Å². The molecule has 0 aliphatic heterocycles. The summed E-state index contributed by atoms with van der Waals surface area (Å²) in [4.78, 5) is 24.1. The Kier molecular flexibility index (Phi) is 5.44. The van der Waals surface area contributed by atoms with E-state index in [1.54, 1.807) is 23.2 Å². The molecule has 4 nitrogen and oxygen atoms in total. The lowest BCUT2D eigenvalue weighted by atomic mass is 10.2. The number of thiazole rings is 1. The number of rotatable bonds is 4. The Morgan fingerprint density at radius 2 is 1.93 bits per heavy atom. The van der Waals surface area contributed by atoms with Gasteiger partial charge in [0.25, 0.3) is 5.91 Å². The van der Waals surface area contributed by atoms with Gasteiger partial charge in [-0.1, -0.05) is 44.9 Å². The van der Waals surface area contributed by atoms with E-state index in [2.05, 4.69) is 20.9 Å². The van der Waals surface area contributed by atoms with Gasteiger partial charge < -0.3 is 0 Å². The van der Waals surface area contributed by atoms with Gasteiger partial charge >= 0.3 is 0 Å². The summed E-state index contributed by atoms with van der Waals surface area (Å²) >= 11 is 11.1. The molecule has 0 aliphatic rings. The Morgan fingerprint density at radius 3 is 2.64 bits per heavy atom. The molecule has 0 aliphatic carbocycles. The van der Waals surface area contributed by atoms with Crippen LogP contribution in [-0.2, 0) is 6.54 Å². The fraction of sp³-hybridized carbons (Fsp3) is 0.0952. The predicted molar refractivity (Wildman–Crippen MR) is 118 cm³/mol. The van der Waals surface area contributed by atoms with E-state index in [0.29, 0.717) is 22.3 Å². The zero-order valence-electron chi connectivity index (χ0n) is 14.9. The van der Waals surface area contributed by atoms with E-state index in [9.17, 15) is 4.79 Å². The predicted octanol–water partition coefficient (Wildman–Crippen LogP) is 6.26. The number of hydrogen-bond donors (Lipinski definition) is 0. The molecule has 0 fully saturated rings. The SMILES string of the molecule is Cc1c(Cl)ccc2sc(N(Cc3ccccn3)C(=O)c3ccc(Br)cc3)nc12. The van der Waals surface area contributed by atoms with E-state index >= 15 is 0 Å². The summed E-state index contributed by atoms with van der Waals surface area (Å²) in [5, 5.41) is 1.29. The van der Waals surface area contributed by atoms with Crippen LogP contribution in [0.4, 0.5) is 5.13 Å². The van der Waals surface area contributed by atoms with E-state index in [1.165, 1.54) is 11.3 Å². The Morgan fingerprint density at radius 1 is 1.14 bits per heavy atom. The zero-order chi connectivity index (χ0) is 19.7. The van der Waals surface area contributed by atoms with Crippen molar-refractivity contribution < 1.29 is 4.79 Å². The summed E-state index contributed by atoms with van der Waals surface area (Å²) in [6, 6.07) is 16.8. The number of pyridine rings is 1. The minimum atomic E-state index is -0.124. The lowest BCUT2D eigenvalue weighted by molar-refractivity contribution is 0.0985. The van der Waals surface area contributed by atoms with Gasteiger partial charge in [0.1, 0.15) is 0 Å². The van der Waals surface area contributed by atoms with E-state index in [4.69, 9.17) is 16.6 Å². The summed E-state index contributed by atoms with van der Waals surface area (Å²) in [6.45, 7) is 2.27. The molecule has 2 aromatic carbocycles. The molecule has 0 radical (unpaired) electrons. The summed E-state index contributed by atoms with van der Waals surface area (Å²) in [6.07, 6.45) is 1.72. The maximum absolute atomic E-state index is 13.3. The second-order valence-corrected chi connectivity index (χ2v) is 8.57. The monoisotopic (exact) mass is 471 g/mol. The standard InChI is InChI=1S/C21H15BrClN3OS/c1-13-17(23)9-10-18-19(13)25-21(28-18)26(12-16-4-2-3-11-24-16)20(27)14-5-7-15(22)8-6-14/h2-11H,12H2,1H3. The third-order valence-corrected chi connectivity index (χ3v) is 6.33. The van der Waals surface area contributed by atoms with Gasteiger partial charge in [0.2, 0.25) is 0 Å². The molecule has 4 aromatic rings. The van der Waals surface area contributed by atoms with Gasteiger partial charge in [0.15, 0.2) is 5.13 Å². The van der Waals surface area contributed by atoms with E-state index in [1.807, 2.05) is 49.4 Å². The number of aryl methyl sites for hydroxylation is 1. The van der Waals surface area contributed by atoms with Gasteiger partial charge in [-0.25, -0.2) is 4.98 Å². The molecule has 0 bridgehead atoms. The highest BCUT2D eigenvalue weighted by Crippen LogP contribution is 2.34. The van der Waals surface area contributed by atoms with Gasteiger partial charge in [0.05, 0.1) is 22.5 Å². The highest BCUT2D eigenvalue weighted by molar-refractivity contribution is 9.10. The molecule has 0 N–H and O–H groups in total. The lowest BCUT2D eigenvalue weighted by Gasteiger charge is -2.19. The van der Waals surface area contributed by atoms with Crippen LogP contribution in [0.1, 0.15) is 21.6 Å². The Bertz CT molecular complexity index is 1150. The van der Waals surface area contributed by atoms with Crippen LogP contribution < -0.4 is 4.90 Å². The Hall–Kier alpha value is -2.28. The molecule has 0 spiro atoms. The molecular formula is C21H15BrClN3OS. The number of carbonyl (C=O) groups is 1. The Balaban J connectivity index is 1.79. The molecule has 2 heterocycles. The number of benzene rings is 2. The second kappa shape index (κ2) is 7.99. The molecule has 0 saturated carbocycles. The second-order valence-electron chi connectivity index (χ2n) is 6.23. The maximum atomic E-state index is 13.3. The van der Waals surface area contributed by atoms with Crippen molar-refractivity contribution in [1.29, 1.82) is 0 Å². The fourth-order valence-electron chi connectivity index (χ4n) is 2.83. The van der Waals surface area contributed by atoms with E-state index in [-0.39, 0.29) is 5.91 Å². The van der Waals surface area contributed by atoms with Crippen molar-refractivity contribution in [3.63, 3.8) is 0 Å². The topological polar surface area (TPSA) is 46.1 Å². The zero-order valence-corrected chi connectivity index (χ0v) is 18.1. The quantitative estimate of drug-likeness (QED) is 0.352. The average molecular weight is 473 g/mol. The van der Waals surface area contributed by atoms with Crippen LogP contribution in [0.25, 0.3) is 10.2 Å². The maximum Gasteiger partial charge on any atom is 0.260 e. The first kappa shape index (κ1) is 19.1. The van der Waals surface area contributed by atoms with E-state index in [0.717, 1.165) is 25.9 Å². The summed E-state index contributed by atoms with van der Waals surface area (Å²) in [7, 11) is 0. The van der Waals surface area contributed by atoms with Gasteiger partial charge in [-0.2, -0.15) is 0 Å². The Labute approximate surface area is 179 Å².